The molecule has 0 aromatic rings. The Hall–Kier alpha value is -0.780. The van der Waals surface area contributed by atoms with Crippen LogP contribution in [-0.2, 0) is 0 Å². The fraction of sp³-hybridized carbons (Fsp3) is 0.538. The summed E-state index contributed by atoms with van der Waals surface area (Å²) in [5.74, 6) is 0.742. The van der Waals surface area contributed by atoms with Gasteiger partial charge in [-0.05, 0) is 25.7 Å². The first-order valence-corrected chi connectivity index (χ1v) is 5.19. The quantitative estimate of drug-likeness (QED) is 0.544. The van der Waals surface area contributed by atoms with Crippen molar-refractivity contribution in [2.45, 2.75) is 40.5 Å². The molecule has 0 aliphatic rings. The molecule has 0 fully saturated rings. The fourth-order valence-corrected chi connectivity index (χ4v) is 1.15. The van der Waals surface area contributed by atoms with Gasteiger partial charge in [-0.15, -0.1) is 0 Å². The van der Waals surface area contributed by atoms with E-state index in [-0.39, 0.29) is 0 Å². The Bertz CT molecular complexity index is 192. The molecule has 0 saturated heterocycles. The molecule has 0 heterocycles. The van der Waals surface area contributed by atoms with Gasteiger partial charge in [-0.25, -0.2) is 0 Å². The van der Waals surface area contributed by atoms with Crippen molar-refractivity contribution in [2.75, 3.05) is 0 Å². The Morgan fingerprint density at radius 1 is 1.23 bits per heavy atom. The lowest BCUT2D eigenvalue weighted by Gasteiger charge is -2.03. The van der Waals surface area contributed by atoms with Gasteiger partial charge in [0.25, 0.3) is 0 Å². The highest BCUT2D eigenvalue weighted by Gasteiger charge is 1.95. The van der Waals surface area contributed by atoms with E-state index >= 15 is 0 Å². The minimum absolute atomic E-state index is 0.742. The van der Waals surface area contributed by atoms with Crippen molar-refractivity contribution in [1.82, 2.24) is 0 Å². The minimum atomic E-state index is 0.742. The molecule has 13 heavy (non-hydrogen) atoms. The second-order valence-electron chi connectivity index (χ2n) is 3.66. The van der Waals surface area contributed by atoms with Crippen molar-refractivity contribution in [3.05, 3.63) is 36.0 Å². The highest BCUT2D eigenvalue weighted by Crippen LogP contribution is 2.11. The molecule has 0 nitrogen and oxygen atoms in total. The SMILES string of the molecule is C\C=C(/C=C\C=C/CC)CC(C)C. The van der Waals surface area contributed by atoms with Crippen molar-refractivity contribution < 1.29 is 0 Å². The number of hydrogen-bond donors (Lipinski definition) is 0. The maximum absolute atomic E-state index is 2.25. The zero-order valence-electron chi connectivity index (χ0n) is 9.38. The first-order valence-electron chi connectivity index (χ1n) is 5.19. The van der Waals surface area contributed by atoms with E-state index in [1.54, 1.807) is 0 Å². The van der Waals surface area contributed by atoms with E-state index in [9.17, 15) is 0 Å². The van der Waals surface area contributed by atoms with Gasteiger partial charge in [-0.2, -0.15) is 0 Å². The molecule has 0 bridgehead atoms. The third-order valence-electron chi connectivity index (χ3n) is 1.81. The topological polar surface area (TPSA) is 0 Å². The zero-order chi connectivity index (χ0) is 10.1. The predicted octanol–water partition coefficient (Wildman–Crippen LogP) is 4.50. The van der Waals surface area contributed by atoms with Gasteiger partial charge in [0.2, 0.25) is 0 Å². The van der Waals surface area contributed by atoms with Crippen LogP contribution < -0.4 is 0 Å². The lowest BCUT2D eigenvalue weighted by Crippen LogP contribution is -1.88. The summed E-state index contributed by atoms with van der Waals surface area (Å²) in [6.45, 7) is 8.75. The molecule has 0 saturated carbocycles. The van der Waals surface area contributed by atoms with E-state index in [1.807, 2.05) is 0 Å². The van der Waals surface area contributed by atoms with Gasteiger partial charge < -0.3 is 0 Å². The summed E-state index contributed by atoms with van der Waals surface area (Å²) in [7, 11) is 0. The van der Waals surface area contributed by atoms with Crippen molar-refractivity contribution >= 4 is 0 Å². The lowest BCUT2D eigenvalue weighted by atomic mass is 10.0. The van der Waals surface area contributed by atoms with Crippen LogP contribution in [0.15, 0.2) is 36.0 Å². The van der Waals surface area contributed by atoms with Gasteiger partial charge in [0.15, 0.2) is 0 Å². The maximum Gasteiger partial charge on any atom is -0.0259 e. The van der Waals surface area contributed by atoms with Crippen molar-refractivity contribution in [3.63, 3.8) is 0 Å². The third kappa shape index (κ3) is 7.58. The third-order valence-corrected chi connectivity index (χ3v) is 1.81. The van der Waals surface area contributed by atoms with E-state index in [0.717, 1.165) is 12.3 Å². The van der Waals surface area contributed by atoms with E-state index in [1.165, 1.54) is 12.0 Å². The highest BCUT2D eigenvalue weighted by molar-refractivity contribution is 5.21. The highest BCUT2D eigenvalue weighted by atomic mass is 14.0. The second-order valence-corrected chi connectivity index (χ2v) is 3.66. The monoisotopic (exact) mass is 178 g/mol. The molecule has 0 aliphatic carbocycles. The first kappa shape index (κ1) is 12.2. The van der Waals surface area contributed by atoms with Gasteiger partial charge >= 0.3 is 0 Å². The van der Waals surface area contributed by atoms with Gasteiger partial charge in [0, 0.05) is 0 Å². The van der Waals surface area contributed by atoms with Gasteiger partial charge in [-0.3, -0.25) is 0 Å². The van der Waals surface area contributed by atoms with Crippen LogP contribution in [-0.4, -0.2) is 0 Å². The summed E-state index contributed by atoms with van der Waals surface area (Å²) < 4.78 is 0. The van der Waals surface area contributed by atoms with Crippen LogP contribution in [0.25, 0.3) is 0 Å². The predicted molar refractivity (Wildman–Crippen MR) is 61.8 cm³/mol. The summed E-state index contributed by atoms with van der Waals surface area (Å²) in [6.07, 6.45) is 13.1. The first-order chi connectivity index (χ1) is 6.20. The standard InChI is InChI=1S/C13H22/c1-5-7-8-9-10-13(6-2)11-12(3)4/h6-10,12H,5,11H2,1-4H3/b8-7-,10-9-,13-6+. The second kappa shape index (κ2) is 7.85. The van der Waals surface area contributed by atoms with Crippen LogP contribution in [0.4, 0.5) is 0 Å². The Labute approximate surface area is 83.0 Å². The summed E-state index contributed by atoms with van der Waals surface area (Å²) in [6, 6.07) is 0. The van der Waals surface area contributed by atoms with Crippen molar-refractivity contribution in [1.29, 1.82) is 0 Å². The zero-order valence-corrected chi connectivity index (χ0v) is 9.38. The Morgan fingerprint density at radius 3 is 2.38 bits per heavy atom. The Balaban J connectivity index is 3.99. The fourth-order valence-electron chi connectivity index (χ4n) is 1.15. The number of hydrogen-bond acceptors (Lipinski definition) is 0. The van der Waals surface area contributed by atoms with E-state index in [4.69, 9.17) is 0 Å². The molecule has 0 atom stereocenters. The Morgan fingerprint density at radius 2 is 1.92 bits per heavy atom. The van der Waals surface area contributed by atoms with Crippen LogP contribution in [0, 0.1) is 5.92 Å². The summed E-state index contributed by atoms with van der Waals surface area (Å²) in [5, 5.41) is 0. The summed E-state index contributed by atoms with van der Waals surface area (Å²) in [5.41, 5.74) is 1.43. The molecule has 0 heteroatoms. The molecule has 0 aromatic carbocycles. The van der Waals surface area contributed by atoms with Crippen LogP contribution in [0.2, 0.25) is 0 Å². The van der Waals surface area contributed by atoms with E-state index < -0.39 is 0 Å². The maximum atomic E-state index is 2.25. The van der Waals surface area contributed by atoms with Crippen LogP contribution >= 0.6 is 0 Å². The molecule has 0 amide bonds. The van der Waals surface area contributed by atoms with Crippen molar-refractivity contribution in [2.24, 2.45) is 5.92 Å². The molecule has 0 spiro atoms. The van der Waals surface area contributed by atoms with Crippen LogP contribution in [0.3, 0.4) is 0 Å². The molecule has 0 radical (unpaired) electrons. The largest absolute Gasteiger partial charge is 0.0848 e. The molecular weight excluding hydrogens is 156 g/mol. The average molecular weight is 178 g/mol. The molecule has 0 rings (SSSR count). The normalized spacial score (nSPS) is 13.8. The Kier molecular flexibility index (Phi) is 7.38. The van der Waals surface area contributed by atoms with Gasteiger partial charge in [0.05, 0.1) is 0 Å². The summed E-state index contributed by atoms with van der Waals surface area (Å²) >= 11 is 0. The number of rotatable bonds is 5. The number of allylic oxidation sites excluding steroid dienone is 6. The summed E-state index contributed by atoms with van der Waals surface area (Å²) in [4.78, 5) is 0. The van der Waals surface area contributed by atoms with E-state index in [0.29, 0.717) is 0 Å². The molecule has 0 N–H and O–H groups in total. The smallest absolute Gasteiger partial charge is 0.0259 e. The molecular formula is C13H22. The molecule has 0 unspecified atom stereocenters. The molecule has 0 aromatic heterocycles. The van der Waals surface area contributed by atoms with Gasteiger partial charge in [-0.1, -0.05) is 56.7 Å². The van der Waals surface area contributed by atoms with Crippen LogP contribution in [0.1, 0.15) is 40.5 Å². The minimum Gasteiger partial charge on any atom is -0.0848 e. The molecule has 74 valence electrons. The average Bonchev–Trinajstić information content (AvgIpc) is 2.09. The van der Waals surface area contributed by atoms with Gasteiger partial charge in [0.1, 0.15) is 0 Å². The molecule has 0 aliphatic heterocycles. The van der Waals surface area contributed by atoms with Crippen molar-refractivity contribution in [3.8, 4) is 0 Å². The van der Waals surface area contributed by atoms with E-state index in [2.05, 4.69) is 58.1 Å². The lowest BCUT2D eigenvalue weighted by molar-refractivity contribution is 0.649. The van der Waals surface area contributed by atoms with Crippen LogP contribution in [0.5, 0.6) is 0 Å².